The molecule has 0 aliphatic rings. The highest BCUT2D eigenvalue weighted by Gasteiger charge is 2.20. The first-order valence-electron chi connectivity index (χ1n) is 7.09. The van der Waals surface area contributed by atoms with Gasteiger partial charge in [0, 0.05) is 6.54 Å². The van der Waals surface area contributed by atoms with Crippen molar-refractivity contribution in [3.8, 4) is 0 Å². The fourth-order valence-corrected chi connectivity index (χ4v) is 2.32. The molecule has 0 aliphatic carbocycles. The van der Waals surface area contributed by atoms with Crippen molar-refractivity contribution in [3.05, 3.63) is 47.4 Å². The number of esters is 1. The van der Waals surface area contributed by atoms with Gasteiger partial charge in [0.05, 0.1) is 6.61 Å². The zero-order valence-corrected chi connectivity index (χ0v) is 12.7. The number of nitrogens with zero attached hydrogens (tertiary/aromatic N) is 2. The predicted molar refractivity (Wildman–Crippen MR) is 82.2 cm³/mol. The maximum Gasteiger partial charge on any atom is 0.360 e. The SMILES string of the molecule is CCOC(=O)c1nc(C)n(CC(C)c2ccccc2)c1N. The molecule has 2 N–H and O–H groups in total. The lowest BCUT2D eigenvalue weighted by Crippen LogP contribution is -2.13. The van der Waals surface area contributed by atoms with Crippen molar-refractivity contribution in [2.75, 3.05) is 12.3 Å². The summed E-state index contributed by atoms with van der Waals surface area (Å²) in [5.74, 6) is 0.896. The number of aryl methyl sites for hydroxylation is 1. The van der Waals surface area contributed by atoms with Crippen LogP contribution in [0.15, 0.2) is 30.3 Å². The second-order valence-corrected chi connectivity index (χ2v) is 5.04. The van der Waals surface area contributed by atoms with Gasteiger partial charge in [0.15, 0.2) is 5.69 Å². The van der Waals surface area contributed by atoms with Crippen molar-refractivity contribution in [1.29, 1.82) is 0 Å². The van der Waals surface area contributed by atoms with Crippen LogP contribution in [0.2, 0.25) is 0 Å². The van der Waals surface area contributed by atoms with Crippen molar-refractivity contribution in [2.24, 2.45) is 0 Å². The maximum atomic E-state index is 11.8. The van der Waals surface area contributed by atoms with Crippen LogP contribution in [0.25, 0.3) is 0 Å². The summed E-state index contributed by atoms with van der Waals surface area (Å²) in [6, 6.07) is 10.2. The Balaban J connectivity index is 2.23. The van der Waals surface area contributed by atoms with Gasteiger partial charge in [-0.15, -0.1) is 0 Å². The first kappa shape index (κ1) is 15.1. The molecule has 0 saturated heterocycles. The van der Waals surface area contributed by atoms with Crippen LogP contribution in [0.1, 0.15) is 41.6 Å². The maximum absolute atomic E-state index is 11.8. The molecule has 0 aliphatic heterocycles. The number of nitrogen functional groups attached to an aromatic ring is 1. The van der Waals surface area contributed by atoms with Gasteiger partial charge in [0.2, 0.25) is 0 Å². The molecule has 0 saturated carbocycles. The lowest BCUT2D eigenvalue weighted by Gasteiger charge is -2.15. The minimum atomic E-state index is -0.468. The minimum absolute atomic E-state index is 0.203. The van der Waals surface area contributed by atoms with Gasteiger partial charge in [-0.05, 0) is 25.3 Å². The van der Waals surface area contributed by atoms with E-state index in [1.54, 1.807) is 6.92 Å². The van der Waals surface area contributed by atoms with Gasteiger partial charge in [0.25, 0.3) is 0 Å². The van der Waals surface area contributed by atoms with Crippen LogP contribution in [0.4, 0.5) is 5.82 Å². The molecular weight excluding hydrogens is 266 g/mol. The number of aromatic nitrogens is 2. The number of imidazole rings is 1. The highest BCUT2D eigenvalue weighted by atomic mass is 16.5. The van der Waals surface area contributed by atoms with E-state index in [1.165, 1.54) is 5.56 Å². The molecule has 21 heavy (non-hydrogen) atoms. The summed E-state index contributed by atoms with van der Waals surface area (Å²) < 4.78 is 6.84. The molecule has 0 bridgehead atoms. The topological polar surface area (TPSA) is 70.1 Å². The lowest BCUT2D eigenvalue weighted by molar-refractivity contribution is 0.0521. The van der Waals surface area contributed by atoms with Crippen LogP contribution >= 0.6 is 0 Å². The Hall–Kier alpha value is -2.30. The number of rotatable bonds is 5. The normalized spacial score (nSPS) is 12.1. The summed E-state index contributed by atoms with van der Waals surface area (Å²) >= 11 is 0. The zero-order valence-electron chi connectivity index (χ0n) is 12.7. The number of hydrogen-bond donors (Lipinski definition) is 1. The fourth-order valence-electron chi connectivity index (χ4n) is 2.32. The number of carbonyl (C=O) groups excluding carboxylic acids is 1. The first-order valence-corrected chi connectivity index (χ1v) is 7.09. The van der Waals surface area contributed by atoms with Gasteiger partial charge in [-0.3, -0.25) is 0 Å². The highest BCUT2D eigenvalue weighted by Crippen LogP contribution is 2.22. The molecule has 1 heterocycles. The smallest absolute Gasteiger partial charge is 0.360 e. The molecule has 1 atom stereocenters. The van der Waals surface area contributed by atoms with Gasteiger partial charge < -0.3 is 15.0 Å². The molecule has 112 valence electrons. The number of ether oxygens (including phenoxy) is 1. The Labute approximate surface area is 124 Å². The Kier molecular flexibility index (Phi) is 4.62. The third kappa shape index (κ3) is 3.24. The molecular formula is C16H21N3O2. The molecule has 5 heteroatoms. The second-order valence-electron chi connectivity index (χ2n) is 5.04. The van der Waals surface area contributed by atoms with Crippen LogP contribution < -0.4 is 5.73 Å². The van der Waals surface area contributed by atoms with Gasteiger partial charge in [0.1, 0.15) is 11.6 Å². The van der Waals surface area contributed by atoms with E-state index in [9.17, 15) is 4.79 Å². The molecule has 1 unspecified atom stereocenters. The summed E-state index contributed by atoms with van der Waals surface area (Å²) in [4.78, 5) is 16.0. The van der Waals surface area contributed by atoms with Gasteiger partial charge in [-0.2, -0.15) is 0 Å². The Morgan fingerprint density at radius 2 is 2.05 bits per heavy atom. The average molecular weight is 287 g/mol. The van der Waals surface area contributed by atoms with Crippen LogP contribution in [0, 0.1) is 6.92 Å². The summed E-state index contributed by atoms with van der Waals surface area (Å²) in [6.07, 6.45) is 0. The van der Waals surface area contributed by atoms with Crippen LogP contribution in [-0.4, -0.2) is 22.1 Å². The molecule has 0 spiro atoms. The van der Waals surface area contributed by atoms with Crippen LogP contribution in [0.5, 0.6) is 0 Å². The van der Waals surface area contributed by atoms with E-state index < -0.39 is 5.97 Å². The largest absolute Gasteiger partial charge is 0.461 e. The summed E-state index contributed by atoms with van der Waals surface area (Å²) in [5, 5.41) is 0. The molecule has 2 aromatic rings. The van der Waals surface area contributed by atoms with Gasteiger partial charge in [-0.1, -0.05) is 37.3 Å². The van der Waals surface area contributed by atoms with Crippen LogP contribution in [-0.2, 0) is 11.3 Å². The zero-order chi connectivity index (χ0) is 15.4. The molecule has 1 aromatic heterocycles. The number of hydrogen-bond acceptors (Lipinski definition) is 4. The first-order chi connectivity index (χ1) is 10.0. The molecule has 0 fully saturated rings. The summed E-state index contributed by atoms with van der Waals surface area (Å²) in [6.45, 7) is 6.71. The van der Waals surface area contributed by atoms with Crippen molar-refractivity contribution in [1.82, 2.24) is 9.55 Å². The predicted octanol–water partition coefficient (Wildman–Crippen LogP) is 2.75. The summed E-state index contributed by atoms with van der Waals surface area (Å²) in [7, 11) is 0. The molecule has 2 rings (SSSR count). The van der Waals surface area contributed by atoms with Crippen molar-refractivity contribution in [2.45, 2.75) is 33.2 Å². The van der Waals surface area contributed by atoms with E-state index in [0.717, 1.165) is 5.82 Å². The van der Waals surface area contributed by atoms with E-state index in [0.29, 0.717) is 19.0 Å². The van der Waals surface area contributed by atoms with Crippen molar-refractivity contribution < 1.29 is 9.53 Å². The molecule has 5 nitrogen and oxygen atoms in total. The quantitative estimate of drug-likeness (QED) is 0.858. The third-order valence-electron chi connectivity index (χ3n) is 3.49. The molecule has 1 aromatic carbocycles. The number of nitrogens with two attached hydrogens (primary N) is 1. The van der Waals surface area contributed by atoms with E-state index in [-0.39, 0.29) is 11.6 Å². The fraction of sp³-hybridized carbons (Fsp3) is 0.375. The highest BCUT2D eigenvalue weighted by molar-refractivity contribution is 5.92. The Morgan fingerprint density at radius 3 is 2.67 bits per heavy atom. The van der Waals surface area contributed by atoms with Gasteiger partial charge >= 0.3 is 5.97 Å². The standard InChI is InChI=1S/C16H21N3O2/c1-4-21-16(20)14-15(17)19(12(3)18-14)10-11(2)13-8-6-5-7-9-13/h5-9,11H,4,10,17H2,1-3H3. The van der Waals surface area contributed by atoms with Crippen molar-refractivity contribution >= 4 is 11.8 Å². The van der Waals surface area contributed by atoms with E-state index in [2.05, 4.69) is 24.0 Å². The minimum Gasteiger partial charge on any atom is -0.461 e. The van der Waals surface area contributed by atoms with Crippen molar-refractivity contribution in [3.63, 3.8) is 0 Å². The lowest BCUT2D eigenvalue weighted by atomic mass is 10.0. The second kappa shape index (κ2) is 6.43. The Morgan fingerprint density at radius 1 is 1.38 bits per heavy atom. The average Bonchev–Trinajstić information content (AvgIpc) is 2.76. The molecule has 0 amide bonds. The third-order valence-corrected chi connectivity index (χ3v) is 3.49. The van der Waals surface area contributed by atoms with E-state index in [4.69, 9.17) is 10.5 Å². The number of carbonyl (C=O) groups is 1. The monoisotopic (exact) mass is 287 g/mol. The van der Waals surface area contributed by atoms with Gasteiger partial charge in [-0.25, -0.2) is 9.78 Å². The number of anilines is 1. The summed E-state index contributed by atoms with van der Waals surface area (Å²) in [5.41, 5.74) is 7.49. The Bertz CT molecular complexity index is 620. The van der Waals surface area contributed by atoms with Crippen LogP contribution in [0.3, 0.4) is 0 Å². The van der Waals surface area contributed by atoms with E-state index >= 15 is 0 Å². The number of benzene rings is 1. The molecule has 0 radical (unpaired) electrons. The van der Waals surface area contributed by atoms with E-state index in [1.807, 2.05) is 29.7 Å².